The molecule has 46 heavy (non-hydrogen) atoms. The average Bonchev–Trinajstić information content (AvgIpc) is 2.99. The Morgan fingerprint density at radius 3 is 2.26 bits per heavy atom. The highest BCUT2D eigenvalue weighted by Gasteiger charge is 2.33. The molecule has 6 N–H and O–H groups in total. The van der Waals surface area contributed by atoms with Crippen LogP contribution in [0.15, 0.2) is 78.1 Å². The van der Waals surface area contributed by atoms with Gasteiger partial charge in [0.25, 0.3) is 11.8 Å². The normalized spacial score (nSPS) is 15.6. The fraction of sp³-hybridized carbons (Fsp3) is 0.241. The van der Waals surface area contributed by atoms with Gasteiger partial charge < -0.3 is 25.6 Å². The van der Waals surface area contributed by atoms with Gasteiger partial charge in [-0.1, -0.05) is 12.6 Å². The number of ether oxygens (including phenoxy) is 2. The molecule has 11 nitrogen and oxygen atoms in total. The van der Waals surface area contributed by atoms with Crippen LogP contribution in [0.5, 0.6) is 11.5 Å². The zero-order valence-corrected chi connectivity index (χ0v) is 24.2. The molecule has 17 heteroatoms. The van der Waals surface area contributed by atoms with Gasteiger partial charge in [-0.3, -0.25) is 25.4 Å². The van der Waals surface area contributed by atoms with E-state index in [1.807, 2.05) is 13.8 Å². The van der Waals surface area contributed by atoms with E-state index >= 15 is 0 Å². The molecule has 1 unspecified atom stereocenters. The summed E-state index contributed by atoms with van der Waals surface area (Å²) < 4.78 is 82.4. The summed E-state index contributed by atoms with van der Waals surface area (Å²) in [6.45, 7) is 5.86. The predicted molar refractivity (Wildman–Crippen MR) is 154 cm³/mol. The summed E-state index contributed by atoms with van der Waals surface area (Å²) in [6.07, 6.45) is -8.67. The molecule has 246 valence electrons. The van der Waals surface area contributed by atoms with E-state index < -0.39 is 41.7 Å². The Labute approximate surface area is 258 Å². The molecule has 2 aliphatic rings. The van der Waals surface area contributed by atoms with E-state index in [4.69, 9.17) is 20.3 Å². The molecule has 2 amide bonds. The van der Waals surface area contributed by atoms with Gasteiger partial charge in [-0.25, -0.2) is 4.99 Å². The van der Waals surface area contributed by atoms with Gasteiger partial charge in [0.1, 0.15) is 17.6 Å². The maximum absolute atomic E-state index is 13.3. The number of nitrogens with one attached hydrogen (secondary N) is 3. The molecule has 2 aliphatic heterocycles. The van der Waals surface area contributed by atoms with Crippen molar-refractivity contribution in [1.29, 1.82) is 0 Å². The summed E-state index contributed by atoms with van der Waals surface area (Å²) in [6, 6.07) is 12.4. The number of halogens is 6. The van der Waals surface area contributed by atoms with Crippen LogP contribution in [0.3, 0.4) is 0 Å². The fourth-order valence-electron chi connectivity index (χ4n) is 3.59. The molecule has 0 spiro atoms. The van der Waals surface area contributed by atoms with Crippen LogP contribution in [0.2, 0.25) is 0 Å². The number of pyridine rings is 1. The van der Waals surface area contributed by atoms with Gasteiger partial charge >= 0.3 is 12.4 Å². The SMILES string of the molecule is C=C(O)C(F)(F)F.CC(C)Oc1ccc2cc1OC/N=C(/N)c1ccc(cc1)NC2C(=O)NNC(=O)c1ccc(C(F)(F)F)nc1. The van der Waals surface area contributed by atoms with Crippen molar-refractivity contribution in [3.05, 3.63) is 95.5 Å². The van der Waals surface area contributed by atoms with E-state index in [1.165, 1.54) is 0 Å². The second-order valence-electron chi connectivity index (χ2n) is 9.66. The number of aliphatic hydroxyl groups excluding tert-OH is 1. The van der Waals surface area contributed by atoms with E-state index in [9.17, 15) is 35.9 Å². The van der Waals surface area contributed by atoms with Crippen molar-refractivity contribution in [1.82, 2.24) is 15.8 Å². The number of aliphatic imine (C=N–C) groups is 1. The molecule has 1 atom stereocenters. The van der Waals surface area contributed by atoms with Crippen molar-refractivity contribution in [2.45, 2.75) is 38.3 Å². The van der Waals surface area contributed by atoms with E-state index in [0.29, 0.717) is 34.4 Å². The average molecular weight is 655 g/mol. The first kappa shape index (κ1) is 35.0. The second kappa shape index (κ2) is 14.5. The third-order valence-electron chi connectivity index (χ3n) is 5.82. The zero-order chi connectivity index (χ0) is 34.2. The number of hydrazine groups is 1. The Hall–Kier alpha value is -5.48. The summed E-state index contributed by atoms with van der Waals surface area (Å²) in [5.74, 6) is -2.26. The lowest BCUT2D eigenvalue weighted by Crippen LogP contribution is -2.45. The molecule has 0 radical (unpaired) electrons. The molecular weight excluding hydrogens is 626 g/mol. The molecule has 3 heterocycles. The minimum Gasteiger partial charge on any atom is -0.505 e. The van der Waals surface area contributed by atoms with Gasteiger partial charge in [0.05, 0.1) is 11.7 Å². The summed E-state index contributed by atoms with van der Waals surface area (Å²) in [5, 5.41) is 10.7. The summed E-state index contributed by atoms with van der Waals surface area (Å²) in [5.41, 5.74) is 10.9. The molecule has 2 aromatic carbocycles. The van der Waals surface area contributed by atoms with Gasteiger partial charge in [-0.2, -0.15) is 26.3 Å². The Balaban J connectivity index is 0.000000738. The van der Waals surface area contributed by atoms with Gasteiger partial charge in [-0.15, -0.1) is 0 Å². The first-order valence-corrected chi connectivity index (χ1v) is 13.1. The summed E-state index contributed by atoms with van der Waals surface area (Å²) >= 11 is 0. The van der Waals surface area contributed by atoms with Crippen LogP contribution < -0.4 is 31.4 Å². The smallest absolute Gasteiger partial charge is 0.448 e. The van der Waals surface area contributed by atoms with Crippen molar-refractivity contribution < 1.29 is 50.5 Å². The van der Waals surface area contributed by atoms with Crippen LogP contribution >= 0.6 is 0 Å². The van der Waals surface area contributed by atoms with Crippen molar-refractivity contribution in [3.63, 3.8) is 0 Å². The Morgan fingerprint density at radius 1 is 1.07 bits per heavy atom. The number of fused-ring (bicyclic) bond motifs is 5. The standard InChI is InChI=1S/C26H25F3N6O4.C3H3F3O/c1-14(2)39-19-9-5-16-11-20(19)38-13-32-23(30)15-3-7-18(8-4-15)33-22(16)25(37)35-34-24(36)17-6-10-21(31-12-17)26(27,28)29;1-2(7)3(4,5)6/h3-12,14,22,33H,13H2,1-2H3,(H2,30,32)(H,34,36)(H,35,37);7H,1H2. The van der Waals surface area contributed by atoms with Crippen LogP contribution in [0.4, 0.5) is 32.0 Å². The molecule has 5 rings (SSSR count). The lowest BCUT2D eigenvalue weighted by Gasteiger charge is -2.22. The topological polar surface area (TPSA) is 160 Å². The highest BCUT2D eigenvalue weighted by Crippen LogP contribution is 2.33. The maximum atomic E-state index is 13.3. The number of hydrogen-bond acceptors (Lipinski definition) is 9. The number of nitrogens with zero attached hydrogens (tertiary/aromatic N) is 2. The number of hydrogen-bond donors (Lipinski definition) is 5. The van der Waals surface area contributed by atoms with Crippen molar-refractivity contribution >= 4 is 23.3 Å². The molecule has 3 aromatic rings. The summed E-state index contributed by atoms with van der Waals surface area (Å²) in [4.78, 5) is 33.2. The molecule has 1 aromatic heterocycles. The number of rotatable bonds is 4. The van der Waals surface area contributed by atoms with Gasteiger partial charge in [-0.05, 0) is 67.9 Å². The predicted octanol–water partition coefficient (Wildman–Crippen LogP) is 5.18. The van der Waals surface area contributed by atoms with Gasteiger partial charge in [0, 0.05) is 17.4 Å². The second-order valence-corrected chi connectivity index (χ2v) is 9.66. The molecule has 0 saturated carbocycles. The molecular formula is C29H28F6N6O5. The number of carbonyl (C=O) groups excluding carboxylic acids is 2. The molecule has 0 fully saturated rings. The van der Waals surface area contributed by atoms with Crippen LogP contribution in [-0.2, 0) is 11.0 Å². The lowest BCUT2D eigenvalue weighted by atomic mass is 10.0. The highest BCUT2D eigenvalue weighted by atomic mass is 19.4. The van der Waals surface area contributed by atoms with Crippen molar-refractivity contribution in [2.24, 2.45) is 10.7 Å². The fourth-order valence-corrected chi connectivity index (χ4v) is 3.59. The van der Waals surface area contributed by atoms with Crippen molar-refractivity contribution in [2.75, 3.05) is 12.0 Å². The van der Waals surface area contributed by atoms with E-state index in [-0.39, 0.29) is 24.2 Å². The molecule has 4 bridgehead atoms. The maximum Gasteiger partial charge on any atom is 0.448 e. The first-order chi connectivity index (χ1) is 21.5. The zero-order valence-electron chi connectivity index (χ0n) is 24.2. The number of amides is 2. The van der Waals surface area contributed by atoms with Crippen LogP contribution in [0.1, 0.15) is 47.1 Å². The number of aliphatic hydroxyl groups is 1. The highest BCUT2D eigenvalue weighted by molar-refractivity contribution is 5.98. The Bertz CT molecular complexity index is 1580. The molecule has 0 aliphatic carbocycles. The minimum atomic E-state index is -4.64. The monoisotopic (exact) mass is 654 g/mol. The third-order valence-corrected chi connectivity index (χ3v) is 5.82. The van der Waals surface area contributed by atoms with E-state index in [2.05, 4.69) is 32.7 Å². The number of anilines is 1. The van der Waals surface area contributed by atoms with E-state index in [1.54, 1.807) is 42.5 Å². The molecule has 0 saturated heterocycles. The number of carbonyl (C=O) groups is 2. The number of amidine groups is 1. The Kier molecular flexibility index (Phi) is 11.1. The van der Waals surface area contributed by atoms with Gasteiger partial charge in [0.15, 0.2) is 24.0 Å². The lowest BCUT2D eigenvalue weighted by molar-refractivity contribution is -0.141. The van der Waals surface area contributed by atoms with Crippen molar-refractivity contribution in [3.8, 4) is 11.5 Å². The quantitative estimate of drug-likeness (QED) is 0.146. The number of aromatic nitrogens is 1. The Morgan fingerprint density at radius 2 is 1.72 bits per heavy atom. The van der Waals surface area contributed by atoms with E-state index in [0.717, 1.165) is 12.3 Å². The first-order valence-electron chi connectivity index (χ1n) is 13.1. The summed E-state index contributed by atoms with van der Waals surface area (Å²) in [7, 11) is 0. The van der Waals surface area contributed by atoms with Crippen LogP contribution in [-0.4, -0.2) is 46.8 Å². The minimum absolute atomic E-state index is 0.104. The number of benzene rings is 2. The number of nitrogens with two attached hydrogens (primary N) is 1. The third kappa shape index (κ3) is 9.76. The van der Waals surface area contributed by atoms with Crippen LogP contribution in [0, 0.1) is 0 Å². The number of alkyl halides is 6. The number of allylic oxidation sites excluding steroid dienone is 1. The van der Waals surface area contributed by atoms with Gasteiger partial charge in [0.2, 0.25) is 0 Å². The largest absolute Gasteiger partial charge is 0.505 e. The van der Waals surface area contributed by atoms with Crippen LogP contribution in [0.25, 0.3) is 0 Å².